The molecule has 2 aromatic heterocycles. The molecule has 11 heteroatoms. The molecule has 0 atom stereocenters. The number of hydrogen-bond acceptors (Lipinski definition) is 6. The molecule has 7 nitrogen and oxygen atoms in total. The SMILES string of the molecule is CCCc1cc(N/C=C(\C(C)=N)c2ccc(NS(=O)(=O)C(F)(F)F)nc2)ccn1. The lowest BCUT2D eigenvalue weighted by Gasteiger charge is -2.11. The average molecular weight is 427 g/mol. The minimum Gasteiger partial charge on any atom is -0.361 e. The van der Waals surface area contributed by atoms with Gasteiger partial charge in [-0.1, -0.05) is 13.3 Å². The molecular formula is C18H20F3N5O2S. The van der Waals surface area contributed by atoms with Crippen molar-refractivity contribution in [1.82, 2.24) is 9.97 Å². The fourth-order valence-electron chi connectivity index (χ4n) is 2.33. The first-order valence-electron chi connectivity index (χ1n) is 8.56. The molecule has 29 heavy (non-hydrogen) atoms. The molecule has 2 heterocycles. The summed E-state index contributed by atoms with van der Waals surface area (Å²) in [6, 6.07) is 6.12. The third kappa shape index (κ3) is 6.01. The number of halogens is 3. The first-order valence-corrected chi connectivity index (χ1v) is 10.0. The summed E-state index contributed by atoms with van der Waals surface area (Å²) < 4.78 is 61.0. The molecule has 0 aliphatic carbocycles. The number of sulfonamides is 1. The van der Waals surface area contributed by atoms with Gasteiger partial charge >= 0.3 is 15.5 Å². The van der Waals surface area contributed by atoms with Crippen molar-refractivity contribution in [3.05, 3.63) is 54.1 Å². The van der Waals surface area contributed by atoms with Gasteiger partial charge in [-0.3, -0.25) is 9.71 Å². The highest BCUT2D eigenvalue weighted by Gasteiger charge is 2.46. The Balaban J connectivity index is 2.22. The maximum atomic E-state index is 12.4. The average Bonchev–Trinajstić information content (AvgIpc) is 2.62. The van der Waals surface area contributed by atoms with E-state index in [0.29, 0.717) is 11.1 Å². The van der Waals surface area contributed by atoms with Gasteiger partial charge in [0.15, 0.2) is 0 Å². The maximum absolute atomic E-state index is 12.4. The highest BCUT2D eigenvalue weighted by molar-refractivity contribution is 7.93. The first-order chi connectivity index (χ1) is 13.5. The van der Waals surface area contributed by atoms with Crippen molar-refractivity contribution < 1.29 is 21.6 Å². The van der Waals surface area contributed by atoms with Crippen molar-refractivity contribution in [2.45, 2.75) is 32.2 Å². The second kappa shape index (κ2) is 9.03. The van der Waals surface area contributed by atoms with Crippen LogP contribution in [0.25, 0.3) is 5.57 Å². The molecule has 0 spiro atoms. The number of alkyl halides is 3. The molecule has 0 bridgehead atoms. The van der Waals surface area contributed by atoms with E-state index >= 15 is 0 Å². The number of allylic oxidation sites excluding steroid dienone is 1. The Morgan fingerprint density at radius 2 is 1.97 bits per heavy atom. The molecule has 0 saturated heterocycles. The van der Waals surface area contributed by atoms with Gasteiger partial charge in [0.25, 0.3) is 0 Å². The number of aryl methyl sites for hydroxylation is 1. The predicted octanol–water partition coefficient (Wildman–Crippen LogP) is 4.18. The monoisotopic (exact) mass is 427 g/mol. The van der Waals surface area contributed by atoms with Gasteiger partial charge < -0.3 is 10.7 Å². The summed E-state index contributed by atoms with van der Waals surface area (Å²) in [7, 11) is -5.54. The fourth-order valence-corrected chi connectivity index (χ4v) is 2.85. The molecule has 2 rings (SSSR count). The van der Waals surface area contributed by atoms with E-state index < -0.39 is 21.3 Å². The zero-order chi connectivity index (χ0) is 21.7. The summed E-state index contributed by atoms with van der Waals surface area (Å²) in [4.78, 5) is 7.97. The Morgan fingerprint density at radius 3 is 2.52 bits per heavy atom. The largest absolute Gasteiger partial charge is 0.516 e. The topological polar surface area (TPSA) is 108 Å². The predicted molar refractivity (Wildman–Crippen MR) is 106 cm³/mol. The van der Waals surface area contributed by atoms with Crippen LogP contribution in [0.5, 0.6) is 0 Å². The van der Waals surface area contributed by atoms with Gasteiger partial charge in [0.1, 0.15) is 5.82 Å². The fraction of sp³-hybridized carbons (Fsp3) is 0.278. The Bertz CT molecular complexity index is 1000. The lowest BCUT2D eigenvalue weighted by Crippen LogP contribution is -2.30. The second-order valence-corrected chi connectivity index (χ2v) is 7.77. The van der Waals surface area contributed by atoms with E-state index in [0.717, 1.165) is 30.3 Å². The minimum atomic E-state index is -5.54. The van der Waals surface area contributed by atoms with Crippen LogP contribution in [0.4, 0.5) is 24.7 Å². The Labute approximate surface area is 166 Å². The molecule has 0 saturated carbocycles. The zero-order valence-corrected chi connectivity index (χ0v) is 16.5. The Hall–Kier alpha value is -2.95. The number of anilines is 2. The third-order valence-electron chi connectivity index (χ3n) is 3.73. The third-order valence-corrected chi connectivity index (χ3v) is 4.82. The molecule has 2 aromatic rings. The van der Waals surface area contributed by atoms with Crippen LogP contribution in [-0.2, 0) is 16.4 Å². The van der Waals surface area contributed by atoms with Gasteiger partial charge in [0.2, 0.25) is 0 Å². The lowest BCUT2D eigenvalue weighted by atomic mass is 10.1. The summed E-state index contributed by atoms with van der Waals surface area (Å²) >= 11 is 0. The molecule has 0 aromatic carbocycles. The molecule has 0 aliphatic rings. The van der Waals surface area contributed by atoms with Gasteiger partial charge in [-0.15, -0.1) is 0 Å². The molecule has 156 valence electrons. The number of nitrogens with zero attached hydrogens (tertiary/aromatic N) is 2. The molecule has 0 unspecified atom stereocenters. The highest BCUT2D eigenvalue weighted by Crippen LogP contribution is 2.25. The normalized spacial score (nSPS) is 12.5. The standard InChI is InChI=1S/C18H20F3N5O2S/c1-3-4-14-9-15(7-8-23-14)24-11-16(12(2)22)13-5-6-17(25-10-13)26-29(27,28)18(19,20)21/h5-11,22H,3-4H2,1-2H3,(H,23,24)(H,25,26)/b16-11+,22-12?. The quantitative estimate of drug-likeness (QED) is 0.548. The number of rotatable bonds is 8. The van der Waals surface area contributed by atoms with E-state index in [2.05, 4.69) is 15.3 Å². The van der Waals surface area contributed by atoms with Crippen LogP contribution >= 0.6 is 0 Å². The Morgan fingerprint density at radius 1 is 1.24 bits per heavy atom. The van der Waals surface area contributed by atoms with Crippen LogP contribution in [0.15, 0.2) is 42.9 Å². The molecule has 3 N–H and O–H groups in total. The van der Waals surface area contributed by atoms with Crippen molar-refractivity contribution in [1.29, 1.82) is 5.41 Å². The van der Waals surface area contributed by atoms with Crippen molar-refractivity contribution in [3.63, 3.8) is 0 Å². The van der Waals surface area contributed by atoms with Crippen molar-refractivity contribution in [3.8, 4) is 0 Å². The number of pyridine rings is 2. The van der Waals surface area contributed by atoms with Gasteiger partial charge in [0.05, 0.1) is 0 Å². The smallest absolute Gasteiger partial charge is 0.361 e. The van der Waals surface area contributed by atoms with E-state index in [9.17, 15) is 21.6 Å². The van der Waals surface area contributed by atoms with Crippen LogP contribution in [0.2, 0.25) is 0 Å². The van der Waals surface area contributed by atoms with Gasteiger partial charge in [-0.25, -0.2) is 4.98 Å². The van der Waals surface area contributed by atoms with Crippen LogP contribution in [0, 0.1) is 5.41 Å². The van der Waals surface area contributed by atoms with Crippen LogP contribution in [-0.4, -0.2) is 29.6 Å². The maximum Gasteiger partial charge on any atom is 0.516 e. The van der Waals surface area contributed by atoms with Gasteiger partial charge in [0, 0.05) is 46.8 Å². The molecule has 0 fully saturated rings. The Kier molecular flexibility index (Phi) is 6.96. The summed E-state index contributed by atoms with van der Waals surface area (Å²) in [5.74, 6) is -0.473. The first kappa shape index (κ1) is 22.3. The molecule has 0 aliphatic heterocycles. The van der Waals surface area contributed by atoms with E-state index in [1.165, 1.54) is 17.0 Å². The van der Waals surface area contributed by atoms with Gasteiger partial charge in [-0.2, -0.15) is 21.6 Å². The van der Waals surface area contributed by atoms with Gasteiger partial charge in [-0.05, 0) is 37.6 Å². The summed E-state index contributed by atoms with van der Waals surface area (Å²) in [5, 5.41) is 11.0. The molecule has 0 radical (unpaired) electrons. The highest BCUT2D eigenvalue weighted by atomic mass is 32.2. The van der Waals surface area contributed by atoms with Crippen molar-refractivity contribution in [2.24, 2.45) is 0 Å². The summed E-state index contributed by atoms with van der Waals surface area (Å²) in [5.41, 5.74) is -2.69. The van der Waals surface area contributed by atoms with Crippen molar-refractivity contribution in [2.75, 3.05) is 10.0 Å². The van der Waals surface area contributed by atoms with E-state index in [1.807, 2.05) is 13.0 Å². The van der Waals surface area contributed by atoms with Crippen molar-refractivity contribution >= 4 is 32.8 Å². The summed E-state index contributed by atoms with van der Waals surface area (Å²) in [6.07, 6.45) is 6.21. The number of hydrogen-bond donors (Lipinski definition) is 3. The van der Waals surface area contributed by atoms with Crippen LogP contribution in [0.3, 0.4) is 0 Å². The zero-order valence-electron chi connectivity index (χ0n) is 15.7. The molecular weight excluding hydrogens is 407 g/mol. The number of nitrogens with one attached hydrogen (secondary N) is 3. The lowest BCUT2D eigenvalue weighted by molar-refractivity contribution is -0.0429. The van der Waals surface area contributed by atoms with Crippen LogP contribution < -0.4 is 10.0 Å². The minimum absolute atomic E-state index is 0.186. The van der Waals surface area contributed by atoms with E-state index in [-0.39, 0.29) is 5.71 Å². The summed E-state index contributed by atoms with van der Waals surface area (Å²) in [6.45, 7) is 3.59. The second-order valence-electron chi connectivity index (χ2n) is 6.10. The van der Waals surface area contributed by atoms with E-state index in [4.69, 9.17) is 5.41 Å². The molecule has 0 amide bonds. The van der Waals surface area contributed by atoms with E-state index in [1.54, 1.807) is 25.4 Å². The number of aromatic nitrogens is 2. The van der Waals surface area contributed by atoms with Crippen LogP contribution in [0.1, 0.15) is 31.5 Å².